The molecule has 3 atom stereocenters. The number of carbonyl (C=O) groups excluding carboxylic acids is 2. The lowest BCUT2D eigenvalue weighted by Crippen LogP contribution is -2.62. The number of rotatable bonds is 4. The maximum Gasteiger partial charge on any atom is 0.245 e. The van der Waals surface area contributed by atoms with Gasteiger partial charge in [-0.3, -0.25) is 9.59 Å². The predicted octanol–water partition coefficient (Wildman–Crippen LogP) is 1.16. The number of nitrogens with one attached hydrogen (secondary N) is 1. The van der Waals surface area contributed by atoms with E-state index in [1.165, 1.54) is 0 Å². The van der Waals surface area contributed by atoms with Crippen molar-refractivity contribution in [3.8, 4) is 0 Å². The van der Waals surface area contributed by atoms with Crippen molar-refractivity contribution < 1.29 is 9.59 Å². The lowest BCUT2D eigenvalue weighted by molar-refractivity contribution is -0.149. The molecule has 0 radical (unpaired) electrons. The minimum atomic E-state index is -0.376. The highest BCUT2D eigenvalue weighted by atomic mass is 16.2. The SMILES string of the molecule is CCC(C)CN1C(=O)C(C)NC(=O)C1CC. The van der Waals surface area contributed by atoms with E-state index in [1.54, 1.807) is 11.8 Å². The fourth-order valence-electron chi connectivity index (χ4n) is 2.00. The number of piperazine rings is 1. The van der Waals surface area contributed by atoms with Crippen molar-refractivity contribution in [2.45, 2.75) is 52.6 Å². The standard InChI is InChI=1S/C12H22N2O2/c1-5-8(3)7-14-10(6-2)11(15)13-9(4)12(14)16/h8-10H,5-7H2,1-4H3,(H,13,15). The zero-order chi connectivity index (χ0) is 12.3. The van der Waals surface area contributed by atoms with Gasteiger partial charge in [0.15, 0.2) is 0 Å². The molecule has 1 fully saturated rings. The van der Waals surface area contributed by atoms with Crippen LogP contribution in [0, 0.1) is 5.92 Å². The Hall–Kier alpha value is -1.06. The average molecular weight is 226 g/mol. The van der Waals surface area contributed by atoms with Gasteiger partial charge in [0.1, 0.15) is 12.1 Å². The van der Waals surface area contributed by atoms with Crippen molar-refractivity contribution in [3.63, 3.8) is 0 Å². The Bertz CT molecular complexity index is 278. The summed E-state index contributed by atoms with van der Waals surface area (Å²) in [7, 11) is 0. The highest BCUT2D eigenvalue weighted by Crippen LogP contribution is 2.16. The number of nitrogens with zero attached hydrogens (tertiary/aromatic N) is 1. The highest BCUT2D eigenvalue weighted by molar-refractivity contribution is 5.96. The summed E-state index contributed by atoms with van der Waals surface area (Å²) in [6, 6.07) is -0.656. The molecule has 3 unspecified atom stereocenters. The van der Waals surface area contributed by atoms with Gasteiger partial charge in [-0.2, -0.15) is 0 Å². The third-order valence-electron chi connectivity index (χ3n) is 3.28. The fourth-order valence-corrected chi connectivity index (χ4v) is 2.00. The van der Waals surface area contributed by atoms with Gasteiger partial charge in [0.2, 0.25) is 11.8 Å². The largest absolute Gasteiger partial charge is 0.343 e. The van der Waals surface area contributed by atoms with Crippen LogP contribution < -0.4 is 5.32 Å². The molecular formula is C12H22N2O2. The molecule has 1 rings (SSSR count). The Morgan fingerprint density at radius 3 is 2.50 bits per heavy atom. The summed E-state index contributed by atoms with van der Waals surface area (Å²) in [6.45, 7) is 8.58. The van der Waals surface area contributed by atoms with Crippen molar-refractivity contribution in [1.82, 2.24) is 10.2 Å². The van der Waals surface area contributed by atoms with Crippen molar-refractivity contribution >= 4 is 11.8 Å². The molecule has 1 aliphatic rings. The highest BCUT2D eigenvalue weighted by Gasteiger charge is 2.37. The van der Waals surface area contributed by atoms with Crippen molar-refractivity contribution in [3.05, 3.63) is 0 Å². The van der Waals surface area contributed by atoms with Crippen molar-refractivity contribution in [2.24, 2.45) is 5.92 Å². The van der Waals surface area contributed by atoms with E-state index in [-0.39, 0.29) is 23.9 Å². The molecule has 1 saturated heterocycles. The predicted molar refractivity (Wildman–Crippen MR) is 62.9 cm³/mol. The molecule has 0 aromatic rings. The van der Waals surface area contributed by atoms with E-state index in [1.807, 2.05) is 6.92 Å². The molecule has 4 heteroatoms. The summed E-state index contributed by atoms with van der Waals surface area (Å²) >= 11 is 0. The first kappa shape index (κ1) is 13.0. The number of carbonyl (C=O) groups is 2. The molecule has 0 aromatic carbocycles. The van der Waals surface area contributed by atoms with Crippen LogP contribution in [0.3, 0.4) is 0 Å². The average Bonchev–Trinajstić information content (AvgIpc) is 2.25. The molecule has 0 saturated carbocycles. The number of hydrogen-bond donors (Lipinski definition) is 1. The van der Waals surface area contributed by atoms with Gasteiger partial charge in [-0.25, -0.2) is 0 Å². The summed E-state index contributed by atoms with van der Waals surface area (Å²) in [5, 5.41) is 2.72. The number of hydrogen-bond acceptors (Lipinski definition) is 2. The summed E-state index contributed by atoms with van der Waals surface area (Å²) in [5.41, 5.74) is 0. The normalized spacial score (nSPS) is 27.9. The lowest BCUT2D eigenvalue weighted by atomic mass is 10.0. The Morgan fingerprint density at radius 1 is 1.38 bits per heavy atom. The second kappa shape index (κ2) is 5.32. The van der Waals surface area contributed by atoms with Crippen LogP contribution in [0.4, 0.5) is 0 Å². The van der Waals surface area contributed by atoms with Crippen LogP contribution in [0.5, 0.6) is 0 Å². The van der Waals surface area contributed by atoms with Crippen LogP contribution in [-0.4, -0.2) is 35.3 Å². The molecule has 16 heavy (non-hydrogen) atoms. The third kappa shape index (κ3) is 2.54. The van der Waals surface area contributed by atoms with E-state index >= 15 is 0 Å². The van der Waals surface area contributed by atoms with E-state index in [0.717, 1.165) is 6.42 Å². The van der Waals surface area contributed by atoms with E-state index in [0.29, 0.717) is 18.9 Å². The van der Waals surface area contributed by atoms with Gasteiger partial charge in [-0.05, 0) is 19.3 Å². The summed E-state index contributed by atoms with van der Waals surface area (Å²) < 4.78 is 0. The van der Waals surface area contributed by atoms with E-state index in [2.05, 4.69) is 19.2 Å². The van der Waals surface area contributed by atoms with Crippen LogP contribution in [0.25, 0.3) is 0 Å². The minimum absolute atomic E-state index is 0.0158. The van der Waals surface area contributed by atoms with Gasteiger partial charge in [0, 0.05) is 6.54 Å². The molecule has 0 spiro atoms. The zero-order valence-corrected chi connectivity index (χ0v) is 10.6. The first-order valence-electron chi connectivity index (χ1n) is 6.12. The second-order valence-electron chi connectivity index (χ2n) is 4.66. The van der Waals surface area contributed by atoms with Gasteiger partial charge >= 0.3 is 0 Å². The fraction of sp³-hybridized carbons (Fsp3) is 0.833. The molecule has 0 bridgehead atoms. The molecular weight excluding hydrogens is 204 g/mol. The van der Waals surface area contributed by atoms with Gasteiger partial charge in [0.25, 0.3) is 0 Å². The first-order valence-corrected chi connectivity index (χ1v) is 6.12. The zero-order valence-electron chi connectivity index (χ0n) is 10.6. The molecule has 2 amide bonds. The van der Waals surface area contributed by atoms with Crippen LogP contribution in [0.2, 0.25) is 0 Å². The summed E-state index contributed by atoms with van der Waals surface area (Å²) in [6.07, 6.45) is 1.71. The smallest absolute Gasteiger partial charge is 0.245 e. The molecule has 1 N–H and O–H groups in total. The van der Waals surface area contributed by atoms with E-state index in [9.17, 15) is 9.59 Å². The maximum absolute atomic E-state index is 12.0. The molecule has 4 nitrogen and oxygen atoms in total. The molecule has 0 aliphatic carbocycles. The van der Waals surface area contributed by atoms with Crippen molar-refractivity contribution in [2.75, 3.05) is 6.54 Å². The van der Waals surface area contributed by atoms with Crippen LogP contribution in [0.1, 0.15) is 40.5 Å². The molecule has 1 heterocycles. The molecule has 1 aliphatic heterocycles. The van der Waals surface area contributed by atoms with Crippen LogP contribution in [0.15, 0.2) is 0 Å². The lowest BCUT2D eigenvalue weighted by Gasteiger charge is -2.38. The molecule has 92 valence electrons. The summed E-state index contributed by atoms with van der Waals surface area (Å²) in [4.78, 5) is 25.5. The van der Waals surface area contributed by atoms with Crippen LogP contribution in [-0.2, 0) is 9.59 Å². The second-order valence-corrected chi connectivity index (χ2v) is 4.66. The van der Waals surface area contributed by atoms with E-state index < -0.39 is 0 Å². The van der Waals surface area contributed by atoms with E-state index in [4.69, 9.17) is 0 Å². The topological polar surface area (TPSA) is 49.4 Å². The minimum Gasteiger partial charge on any atom is -0.343 e. The third-order valence-corrected chi connectivity index (χ3v) is 3.28. The van der Waals surface area contributed by atoms with Gasteiger partial charge in [-0.1, -0.05) is 27.2 Å². The Labute approximate surface area is 97.4 Å². The monoisotopic (exact) mass is 226 g/mol. The first-order chi connectivity index (χ1) is 7.51. The van der Waals surface area contributed by atoms with Gasteiger partial charge in [0.05, 0.1) is 0 Å². The maximum atomic E-state index is 12.0. The van der Waals surface area contributed by atoms with Gasteiger partial charge in [-0.15, -0.1) is 0 Å². The Balaban J connectivity index is 2.80. The Morgan fingerprint density at radius 2 is 2.00 bits per heavy atom. The van der Waals surface area contributed by atoms with Crippen molar-refractivity contribution in [1.29, 1.82) is 0 Å². The van der Waals surface area contributed by atoms with Crippen LogP contribution >= 0.6 is 0 Å². The summed E-state index contributed by atoms with van der Waals surface area (Å²) in [5.74, 6) is 0.473. The number of amides is 2. The Kier molecular flexibility index (Phi) is 4.33. The van der Waals surface area contributed by atoms with Gasteiger partial charge < -0.3 is 10.2 Å². The quantitative estimate of drug-likeness (QED) is 0.782. The molecule has 0 aromatic heterocycles.